The number of hydrogen-bond donors (Lipinski definition) is 0. The third kappa shape index (κ3) is 1.55. The van der Waals surface area contributed by atoms with Crippen LogP contribution in [0.1, 0.15) is 17.4 Å². The summed E-state index contributed by atoms with van der Waals surface area (Å²) in [6, 6.07) is 2.23. The van der Waals surface area contributed by atoms with Gasteiger partial charge < -0.3 is 0 Å². The first-order valence-electron chi connectivity index (χ1n) is 2.99. The Morgan fingerprint density at radius 2 is 2.33 bits per heavy atom. The molecule has 1 heterocycles. The molecular formula is C7H9BrS. The molecule has 0 unspecified atom stereocenters. The van der Waals surface area contributed by atoms with Crippen LogP contribution in [-0.4, -0.2) is 0 Å². The molecular weight excluding hydrogens is 196 g/mol. The maximum Gasteiger partial charge on any atom is 0.0733 e. The van der Waals surface area contributed by atoms with E-state index in [4.69, 9.17) is 0 Å². The molecule has 0 saturated carbocycles. The fourth-order valence-corrected chi connectivity index (χ4v) is 2.76. The fourth-order valence-electron chi connectivity index (χ4n) is 0.779. The second kappa shape index (κ2) is 2.84. The molecule has 9 heavy (non-hydrogen) atoms. The molecule has 1 rings (SSSR count). The summed E-state index contributed by atoms with van der Waals surface area (Å²) in [5.74, 6) is 0. The number of aryl methyl sites for hydroxylation is 2. The quantitative estimate of drug-likeness (QED) is 0.659. The van der Waals surface area contributed by atoms with Crippen LogP contribution in [0.25, 0.3) is 0 Å². The Bertz CT molecular complexity index is 203. The molecule has 50 valence electrons. The van der Waals surface area contributed by atoms with Crippen LogP contribution in [0.3, 0.4) is 0 Å². The first kappa shape index (κ1) is 7.29. The van der Waals surface area contributed by atoms with Gasteiger partial charge in [0, 0.05) is 4.88 Å². The molecule has 0 bridgehead atoms. The summed E-state index contributed by atoms with van der Waals surface area (Å²) in [6.45, 7) is 4.31. The summed E-state index contributed by atoms with van der Waals surface area (Å²) >= 11 is 5.31. The molecule has 0 spiro atoms. The zero-order valence-electron chi connectivity index (χ0n) is 5.57. The van der Waals surface area contributed by atoms with Gasteiger partial charge in [0.25, 0.3) is 0 Å². The average molecular weight is 205 g/mol. The Labute approximate surface area is 68.0 Å². The topological polar surface area (TPSA) is 0 Å². The molecule has 0 nitrogen and oxygen atoms in total. The highest BCUT2D eigenvalue weighted by atomic mass is 79.9. The molecule has 0 aliphatic heterocycles. The third-order valence-corrected chi connectivity index (χ3v) is 3.14. The molecule has 0 saturated heterocycles. The van der Waals surface area contributed by atoms with Crippen LogP contribution in [0, 0.1) is 6.92 Å². The second-order valence-corrected chi connectivity index (χ2v) is 4.58. The summed E-state index contributed by atoms with van der Waals surface area (Å²) in [6.07, 6.45) is 1.13. The van der Waals surface area contributed by atoms with Gasteiger partial charge in [-0.05, 0) is 40.9 Å². The van der Waals surface area contributed by atoms with Crippen molar-refractivity contribution in [3.8, 4) is 0 Å². The van der Waals surface area contributed by atoms with Gasteiger partial charge in [0.15, 0.2) is 0 Å². The van der Waals surface area contributed by atoms with Crippen LogP contribution >= 0.6 is 27.3 Å². The Kier molecular flexibility index (Phi) is 2.30. The minimum absolute atomic E-state index is 1.13. The van der Waals surface area contributed by atoms with Gasteiger partial charge in [-0.1, -0.05) is 6.92 Å². The van der Waals surface area contributed by atoms with E-state index in [2.05, 4.69) is 35.8 Å². The summed E-state index contributed by atoms with van der Waals surface area (Å²) in [4.78, 5) is 1.39. The van der Waals surface area contributed by atoms with Gasteiger partial charge in [0.2, 0.25) is 0 Å². The molecule has 2 heteroatoms. The molecule has 0 N–H and O–H groups in total. The van der Waals surface area contributed by atoms with E-state index in [1.807, 2.05) is 11.3 Å². The van der Waals surface area contributed by atoms with Gasteiger partial charge in [-0.2, -0.15) is 0 Å². The predicted octanol–water partition coefficient (Wildman–Crippen LogP) is 3.38. The normalized spacial score (nSPS) is 10.1. The van der Waals surface area contributed by atoms with Crippen LogP contribution in [0.15, 0.2) is 9.85 Å². The minimum Gasteiger partial charge on any atom is -0.133 e. The van der Waals surface area contributed by atoms with Crippen molar-refractivity contribution in [3.63, 3.8) is 0 Å². The Morgan fingerprint density at radius 3 is 2.56 bits per heavy atom. The summed E-state index contributed by atoms with van der Waals surface area (Å²) in [5, 5.41) is 0. The predicted molar refractivity (Wildman–Crippen MR) is 46.1 cm³/mol. The van der Waals surface area contributed by atoms with Gasteiger partial charge in [-0.15, -0.1) is 11.3 Å². The standard InChI is InChI=1S/C7H9BrS/c1-3-6-4-5(2)9-7(6)8/h4H,3H2,1-2H3. The second-order valence-electron chi connectivity index (χ2n) is 2.01. The van der Waals surface area contributed by atoms with Gasteiger partial charge >= 0.3 is 0 Å². The van der Waals surface area contributed by atoms with Gasteiger partial charge in [0.1, 0.15) is 0 Å². The van der Waals surface area contributed by atoms with Crippen LogP contribution < -0.4 is 0 Å². The third-order valence-electron chi connectivity index (χ3n) is 1.26. The van der Waals surface area contributed by atoms with E-state index in [1.54, 1.807) is 0 Å². The zero-order chi connectivity index (χ0) is 6.85. The molecule has 0 aliphatic carbocycles. The molecule has 1 aromatic heterocycles. The Hall–Kier alpha value is 0.180. The summed E-state index contributed by atoms with van der Waals surface area (Å²) in [7, 11) is 0. The summed E-state index contributed by atoms with van der Waals surface area (Å²) in [5.41, 5.74) is 1.43. The van der Waals surface area contributed by atoms with Crippen LogP contribution in [0.5, 0.6) is 0 Å². The van der Waals surface area contributed by atoms with E-state index in [1.165, 1.54) is 14.2 Å². The highest BCUT2D eigenvalue weighted by molar-refractivity contribution is 9.11. The molecule has 0 fully saturated rings. The van der Waals surface area contributed by atoms with Gasteiger partial charge in [-0.25, -0.2) is 0 Å². The van der Waals surface area contributed by atoms with Crippen LogP contribution in [-0.2, 0) is 6.42 Å². The van der Waals surface area contributed by atoms with Gasteiger partial charge in [0.05, 0.1) is 3.79 Å². The van der Waals surface area contributed by atoms with Crippen molar-refractivity contribution in [2.45, 2.75) is 20.3 Å². The van der Waals surface area contributed by atoms with E-state index in [0.717, 1.165) is 6.42 Å². The van der Waals surface area contributed by atoms with Crippen molar-refractivity contribution in [2.75, 3.05) is 0 Å². The van der Waals surface area contributed by atoms with Crippen molar-refractivity contribution < 1.29 is 0 Å². The zero-order valence-corrected chi connectivity index (χ0v) is 7.97. The van der Waals surface area contributed by atoms with E-state index >= 15 is 0 Å². The maximum absolute atomic E-state index is 3.50. The first-order chi connectivity index (χ1) is 4.24. The maximum atomic E-state index is 3.50. The van der Waals surface area contributed by atoms with Crippen molar-refractivity contribution in [1.29, 1.82) is 0 Å². The lowest BCUT2D eigenvalue weighted by Crippen LogP contribution is -1.71. The monoisotopic (exact) mass is 204 g/mol. The van der Waals surface area contributed by atoms with E-state index in [9.17, 15) is 0 Å². The van der Waals surface area contributed by atoms with E-state index in [0.29, 0.717) is 0 Å². The highest BCUT2D eigenvalue weighted by Gasteiger charge is 1.99. The van der Waals surface area contributed by atoms with Crippen LogP contribution in [0.4, 0.5) is 0 Å². The molecule has 0 radical (unpaired) electrons. The molecule has 0 amide bonds. The van der Waals surface area contributed by atoms with Gasteiger partial charge in [-0.3, -0.25) is 0 Å². The lowest BCUT2D eigenvalue weighted by atomic mass is 10.2. The fraction of sp³-hybridized carbons (Fsp3) is 0.429. The van der Waals surface area contributed by atoms with E-state index < -0.39 is 0 Å². The molecule has 0 atom stereocenters. The van der Waals surface area contributed by atoms with Crippen molar-refractivity contribution in [2.24, 2.45) is 0 Å². The minimum atomic E-state index is 1.13. The molecule has 0 aromatic carbocycles. The SMILES string of the molecule is CCc1cc(C)sc1Br. The van der Waals surface area contributed by atoms with Crippen molar-refractivity contribution >= 4 is 27.3 Å². The average Bonchev–Trinajstić information content (AvgIpc) is 2.10. The first-order valence-corrected chi connectivity index (χ1v) is 4.59. The van der Waals surface area contributed by atoms with Crippen LogP contribution in [0.2, 0.25) is 0 Å². The Morgan fingerprint density at radius 1 is 1.67 bits per heavy atom. The van der Waals surface area contributed by atoms with Crippen molar-refractivity contribution in [3.05, 3.63) is 20.3 Å². The number of hydrogen-bond acceptors (Lipinski definition) is 1. The summed E-state index contributed by atoms with van der Waals surface area (Å²) < 4.78 is 1.29. The smallest absolute Gasteiger partial charge is 0.0733 e. The van der Waals surface area contributed by atoms with Crippen molar-refractivity contribution in [1.82, 2.24) is 0 Å². The number of rotatable bonds is 1. The van der Waals surface area contributed by atoms with E-state index in [-0.39, 0.29) is 0 Å². The number of thiophene rings is 1. The molecule has 1 aromatic rings. The Balaban J connectivity index is 3.01. The lowest BCUT2D eigenvalue weighted by molar-refractivity contribution is 1.14. The number of halogens is 1. The highest BCUT2D eigenvalue weighted by Crippen LogP contribution is 2.27. The largest absolute Gasteiger partial charge is 0.133 e. The lowest BCUT2D eigenvalue weighted by Gasteiger charge is -1.86. The molecule has 0 aliphatic rings.